The van der Waals surface area contributed by atoms with Gasteiger partial charge in [-0.05, 0) is 42.2 Å². The summed E-state index contributed by atoms with van der Waals surface area (Å²) < 4.78 is 5.36. The average molecular weight is 458 g/mol. The molecular formula is C26H27N5O3. The van der Waals surface area contributed by atoms with Crippen molar-refractivity contribution in [3.63, 3.8) is 0 Å². The van der Waals surface area contributed by atoms with E-state index >= 15 is 0 Å². The van der Waals surface area contributed by atoms with Crippen LogP contribution in [0.4, 0.5) is 11.6 Å². The molecular weight excluding hydrogens is 430 g/mol. The summed E-state index contributed by atoms with van der Waals surface area (Å²) in [6.07, 6.45) is 3.11. The highest BCUT2D eigenvalue weighted by atomic mass is 16.5. The van der Waals surface area contributed by atoms with Gasteiger partial charge >= 0.3 is 5.97 Å². The molecule has 1 heterocycles. The molecule has 3 aromatic rings. The van der Waals surface area contributed by atoms with Crippen LogP contribution in [0.1, 0.15) is 46.4 Å². The summed E-state index contributed by atoms with van der Waals surface area (Å²) in [7, 11) is 3.35. The molecule has 8 heteroatoms. The summed E-state index contributed by atoms with van der Waals surface area (Å²) in [4.78, 5) is 20.5. The number of methoxy groups -OCH3 is 1. The van der Waals surface area contributed by atoms with Gasteiger partial charge in [0.25, 0.3) is 0 Å². The number of benzene rings is 2. The summed E-state index contributed by atoms with van der Waals surface area (Å²) in [6, 6.07) is 14.7. The highest BCUT2D eigenvalue weighted by Gasteiger charge is 2.27. The Kier molecular flexibility index (Phi) is 6.58. The Bertz CT molecular complexity index is 1270. The number of nitrogens with one attached hydrogen (secondary N) is 3. The number of aromatic carboxylic acids is 1. The van der Waals surface area contributed by atoms with Crippen LogP contribution in [-0.2, 0) is 6.42 Å². The van der Waals surface area contributed by atoms with E-state index in [4.69, 9.17) is 15.1 Å². The first-order chi connectivity index (χ1) is 16.4. The van der Waals surface area contributed by atoms with Crippen LogP contribution in [-0.4, -0.2) is 40.9 Å². The van der Waals surface area contributed by atoms with E-state index in [9.17, 15) is 9.90 Å². The van der Waals surface area contributed by atoms with E-state index < -0.39 is 5.97 Å². The summed E-state index contributed by atoms with van der Waals surface area (Å²) in [5.74, 6) is -0.272. The molecule has 0 fully saturated rings. The normalized spacial score (nSPS) is 15.2. The number of nitrogens with zero attached hydrogens (tertiary/aromatic N) is 2. The highest BCUT2D eigenvalue weighted by molar-refractivity contribution is 6.24. The maximum Gasteiger partial charge on any atom is 0.335 e. The molecule has 0 radical (unpaired) electrons. The summed E-state index contributed by atoms with van der Waals surface area (Å²) >= 11 is 0. The number of carbonyl (C=O) groups is 1. The van der Waals surface area contributed by atoms with Crippen LogP contribution < -0.4 is 15.4 Å². The number of carboxylic acids is 1. The number of ether oxygens (including phenoxy) is 1. The van der Waals surface area contributed by atoms with Gasteiger partial charge in [0.05, 0.1) is 24.1 Å². The predicted octanol–water partition coefficient (Wildman–Crippen LogP) is 4.63. The van der Waals surface area contributed by atoms with Crippen molar-refractivity contribution >= 4 is 28.9 Å². The van der Waals surface area contributed by atoms with Crippen molar-refractivity contribution in [1.82, 2.24) is 15.3 Å². The number of carboxylic acid groups (broad SMARTS) is 1. The molecule has 34 heavy (non-hydrogen) atoms. The molecule has 4 N–H and O–H groups in total. The smallest absolute Gasteiger partial charge is 0.335 e. The van der Waals surface area contributed by atoms with Gasteiger partial charge in [-0.1, -0.05) is 37.3 Å². The van der Waals surface area contributed by atoms with Crippen molar-refractivity contribution in [2.45, 2.75) is 25.7 Å². The number of fused-ring (bicyclic) bond motifs is 1. The first-order valence-corrected chi connectivity index (χ1v) is 11.0. The van der Waals surface area contributed by atoms with Crippen LogP contribution in [0.2, 0.25) is 0 Å². The number of hydrogen-bond acceptors (Lipinski definition) is 7. The van der Waals surface area contributed by atoms with Gasteiger partial charge in [-0.2, -0.15) is 0 Å². The van der Waals surface area contributed by atoms with Gasteiger partial charge < -0.3 is 25.9 Å². The first-order valence-electron chi connectivity index (χ1n) is 11.0. The highest BCUT2D eigenvalue weighted by Crippen LogP contribution is 2.35. The lowest BCUT2D eigenvalue weighted by atomic mass is 9.84. The van der Waals surface area contributed by atoms with Crippen molar-refractivity contribution in [2.24, 2.45) is 0 Å². The van der Waals surface area contributed by atoms with E-state index in [1.54, 1.807) is 12.3 Å². The Labute approximate surface area is 198 Å². The minimum Gasteiger partial charge on any atom is -0.495 e. The minimum absolute atomic E-state index is 0.0440. The molecule has 0 saturated carbocycles. The standard InChI is InChI=1S/C26H27N5O3/c1-15(16-7-5-4-6-8-16)23(28-2)22-19(27)11-9-18-14-29-26(31-24(18)22)30-20-12-10-17(25(32)33)13-21(20)34-3/h4-8,10,12-15,27-28H,9,11H2,1-3H3,(H,32,33)(H,29,30,31)/b23-22+,27-19?. The van der Waals surface area contributed by atoms with Crippen molar-refractivity contribution in [1.29, 1.82) is 5.41 Å². The van der Waals surface area contributed by atoms with E-state index in [2.05, 4.69) is 34.7 Å². The molecule has 0 bridgehead atoms. The second-order valence-corrected chi connectivity index (χ2v) is 8.06. The largest absolute Gasteiger partial charge is 0.495 e. The van der Waals surface area contributed by atoms with Crippen LogP contribution >= 0.6 is 0 Å². The SMILES string of the molecule is CN/C(=C1\C(=N)CCc2cnc(Nc3ccc(C(=O)O)cc3OC)nc21)C(C)c1ccccc1. The lowest BCUT2D eigenvalue weighted by Gasteiger charge is -2.26. The molecule has 0 spiro atoms. The summed E-state index contributed by atoms with van der Waals surface area (Å²) in [6.45, 7) is 2.12. The first kappa shape index (κ1) is 23.0. The van der Waals surface area contributed by atoms with Gasteiger partial charge in [-0.3, -0.25) is 0 Å². The molecule has 2 aromatic carbocycles. The number of aromatic nitrogens is 2. The lowest BCUT2D eigenvalue weighted by molar-refractivity contribution is 0.0696. The fourth-order valence-corrected chi connectivity index (χ4v) is 4.20. The third kappa shape index (κ3) is 4.47. The second-order valence-electron chi connectivity index (χ2n) is 8.06. The Morgan fingerprint density at radius 1 is 1.18 bits per heavy atom. The maximum absolute atomic E-state index is 11.3. The van der Waals surface area contributed by atoms with E-state index in [1.807, 2.05) is 25.2 Å². The topological polar surface area (TPSA) is 120 Å². The van der Waals surface area contributed by atoms with Crippen molar-refractivity contribution < 1.29 is 14.6 Å². The summed E-state index contributed by atoms with van der Waals surface area (Å²) in [5, 5.41) is 24.4. The quantitative estimate of drug-likeness (QED) is 0.408. The molecule has 4 rings (SSSR count). The zero-order valence-electron chi connectivity index (χ0n) is 19.3. The van der Waals surface area contributed by atoms with E-state index in [1.165, 1.54) is 19.2 Å². The van der Waals surface area contributed by atoms with Crippen molar-refractivity contribution in [3.8, 4) is 5.75 Å². The Morgan fingerprint density at radius 2 is 1.94 bits per heavy atom. The Morgan fingerprint density at radius 3 is 2.62 bits per heavy atom. The van der Waals surface area contributed by atoms with Gasteiger partial charge in [0.1, 0.15) is 5.75 Å². The van der Waals surface area contributed by atoms with E-state index in [-0.39, 0.29) is 11.5 Å². The van der Waals surface area contributed by atoms with Gasteiger partial charge in [0.2, 0.25) is 5.95 Å². The number of hydrogen-bond donors (Lipinski definition) is 4. The van der Waals surface area contributed by atoms with Crippen LogP contribution in [0, 0.1) is 5.41 Å². The molecule has 0 amide bonds. The van der Waals surface area contributed by atoms with Crippen LogP contribution in [0.3, 0.4) is 0 Å². The molecule has 8 nitrogen and oxygen atoms in total. The van der Waals surface area contributed by atoms with Gasteiger partial charge in [0.15, 0.2) is 0 Å². The number of aryl methyl sites for hydroxylation is 1. The molecule has 1 aliphatic rings. The fraction of sp³-hybridized carbons (Fsp3) is 0.231. The van der Waals surface area contributed by atoms with E-state index in [0.29, 0.717) is 35.9 Å². The van der Waals surface area contributed by atoms with Gasteiger partial charge in [0, 0.05) is 36.1 Å². The van der Waals surface area contributed by atoms with Crippen LogP contribution in [0.25, 0.3) is 5.57 Å². The van der Waals surface area contributed by atoms with Crippen LogP contribution in [0.15, 0.2) is 60.4 Å². The number of anilines is 2. The molecule has 1 aliphatic carbocycles. The van der Waals surface area contributed by atoms with Crippen LogP contribution in [0.5, 0.6) is 5.75 Å². The number of rotatable bonds is 7. The summed E-state index contributed by atoms with van der Waals surface area (Å²) in [5.41, 5.74) is 5.79. The fourth-order valence-electron chi connectivity index (χ4n) is 4.20. The zero-order chi connectivity index (χ0) is 24.2. The van der Waals surface area contributed by atoms with Crippen molar-refractivity contribution in [2.75, 3.05) is 19.5 Å². The maximum atomic E-state index is 11.3. The van der Waals surface area contributed by atoms with E-state index in [0.717, 1.165) is 28.1 Å². The molecule has 0 saturated heterocycles. The van der Waals surface area contributed by atoms with Gasteiger partial charge in [-0.15, -0.1) is 0 Å². The number of likely N-dealkylation sites (N-methyl/N-ethyl adjacent to an activating group) is 1. The zero-order valence-corrected chi connectivity index (χ0v) is 19.3. The minimum atomic E-state index is -1.03. The van der Waals surface area contributed by atoms with Gasteiger partial charge in [-0.25, -0.2) is 14.8 Å². The Balaban J connectivity index is 1.76. The molecule has 1 unspecified atom stereocenters. The predicted molar refractivity (Wildman–Crippen MR) is 132 cm³/mol. The molecule has 174 valence electrons. The molecule has 0 aliphatic heterocycles. The lowest BCUT2D eigenvalue weighted by Crippen LogP contribution is -2.23. The third-order valence-electron chi connectivity index (χ3n) is 6.01. The molecule has 1 aromatic heterocycles. The van der Waals surface area contributed by atoms with Crippen molar-refractivity contribution in [3.05, 3.63) is 82.8 Å². The molecule has 1 atom stereocenters. The average Bonchev–Trinajstić information content (AvgIpc) is 2.86. The monoisotopic (exact) mass is 457 g/mol. The Hall–Kier alpha value is -4.20. The third-order valence-corrected chi connectivity index (χ3v) is 6.01. The second kappa shape index (κ2) is 9.74. The number of allylic oxidation sites excluding steroid dienone is 2.